The number of thiazole rings is 1. The molecule has 0 aromatic carbocycles. The second-order valence-corrected chi connectivity index (χ2v) is 6.72. The molecule has 2 nitrogen and oxygen atoms in total. The highest BCUT2D eigenvalue weighted by atomic mass is 32.1. The van der Waals surface area contributed by atoms with Crippen molar-refractivity contribution in [1.29, 1.82) is 0 Å². The van der Waals surface area contributed by atoms with Crippen molar-refractivity contribution in [2.45, 2.75) is 72.4 Å². The van der Waals surface area contributed by atoms with Gasteiger partial charge in [0.15, 0.2) is 0 Å². The van der Waals surface area contributed by atoms with Gasteiger partial charge in [0, 0.05) is 11.4 Å². The molecule has 0 aliphatic rings. The van der Waals surface area contributed by atoms with E-state index >= 15 is 0 Å². The summed E-state index contributed by atoms with van der Waals surface area (Å²) in [5.74, 6) is 1.17. The standard InChI is InChI=1S/C15H28N2S/c1-7-8-12(6)14(16-11(4)5)15-17-13(9-18-15)10(2)3/h9-12,14,16H,7-8H2,1-6H3. The zero-order valence-electron chi connectivity index (χ0n) is 12.7. The number of nitrogens with one attached hydrogen (secondary N) is 1. The fourth-order valence-corrected chi connectivity index (χ4v) is 3.34. The molecule has 18 heavy (non-hydrogen) atoms. The van der Waals surface area contributed by atoms with Crippen LogP contribution in [-0.4, -0.2) is 11.0 Å². The molecule has 2 unspecified atom stereocenters. The maximum atomic E-state index is 4.82. The molecule has 0 aliphatic heterocycles. The first-order valence-corrected chi connectivity index (χ1v) is 8.05. The highest BCUT2D eigenvalue weighted by Gasteiger charge is 2.22. The summed E-state index contributed by atoms with van der Waals surface area (Å²) < 4.78 is 0. The van der Waals surface area contributed by atoms with Crippen LogP contribution in [0.1, 0.15) is 77.0 Å². The van der Waals surface area contributed by atoms with Crippen molar-refractivity contribution in [3.63, 3.8) is 0 Å². The van der Waals surface area contributed by atoms with Crippen LogP contribution < -0.4 is 5.32 Å². The topological polar surface area (TPSA) is 24.9 Å². The van der Waals surface area contributed by atoms with Gasteiger partial charge in [-0.1, -0.05) is 48.0 Å². The molecule has 1 N–H and O–H groups in total. The third-order valence-electron chi connectivity index (χ3n) is 3.22. The Bertz CT molecular complexity index is 344. The van der Waals surface area contributed by atoms with Crippen molar-refractivity contribution in [1.82, 2.24) is 10.3 Å². The van der Waals surface area contributed by atoms with Crippen LogP contribution in [0.2, 0.25) is 0 Å². The molecule has 0 aliphatic carbocycles. The molecule has 0 amide bonds. The van der Waals surface area contributed by atoms with E-state index in [-0.39, 0.29) is 0 Å². The van der Waals surface area contributed by atoms with E-state index in [4.69, 9.17) is 4.98 Å². The molecule has 3 heteroatoms. The Labute approximate surface area is 116 Å². The van der Waals surface area contributed by atoms with Crippen molar-refractivity contribution in [3.05, 3.63) is 16.1 Å². The first-order valence-electron chi connectivity index (χ1n) is 7.17. The third kappa shape index (κ3) is 4.36. The van der Waals surface area contributed by atoms with E-state index in [1.54, 1.807) is 0 Å². The first kappa shape index (κ1) is 15.6. The SMILES string of the molecule is CCCC(C)C(NC(C)C)c1nc(C(C)C)cs1. The summed E-state index contributed by atoms with van der Waals surface area (Å²) in [6.45, 7) is 13.4. The minimum absolute atomic E-state index is 0.405. The largest absolute Gasteiger partial charge is 0.305 e. The van der Waals surface area contributed by atoms with Gasteiger partial charge >= 0.3 is 0 Å². The molecule has 2 atom stereocenters. The molecule has 0 saturated carbocycles. The van der Waals surface area contributed by atoms with Crippen LogP contribution in [0, 0.1) is 5.92 Å². The van der Waals surface area contributed by atoms with Crippen LogP contribution >= 0.6 is 11.3 Å². The van der Waals surface area contributed by atoms with Gasteiger partial charge in [0.1, 0.15) is 5.01 Å². The van der Waals surface area contributed by atoms with Crippen LogP contribution in [0.15, 0.2) is 5.38 Å². The summed E-state index contributed by atoms with van der Waals surface area (Å²) in [6.07, 6.45) is 2.49. The van der Waals surface area contributed by atoms with Crippen molar-refractivity contribution in [3.8, 4) is 0 Å². The monoisotopic (exact) mass is 268 g/mol. The van der Waals surface area contributed by atoms with E-state index in [1.807, 2.05) is 11.3 Å². The molecule has 104 valence electrons. The summed E-state index contributed by atoms with van der Waals surface area (Å²) in [7, 11) is 0. The van der Waals surface area contributed by atoms with Crippen molar-refractivity contribution in [2.24, 2.45) is 5.92 Å². The predicted molar refractivity (Wildman–Crippen MR) is 81.3 cm³/mol. The van der Waals surface area contributed by atoms with E-state index < -0.39 is 0 Å². The van der Waals surface area contributed by atoms with Crippen LogP contribution in [0.25, 0.3) is 0 Å². The van der Waals surface area contributed by atoms with E-state index in [0.717, 1.165) is 0 Å². The third-order valence-corrected chi connectivity index (χ3v) is 4.17. The lowest BCUT2D eigenvalue weighted by molar-refractivity contribution is 0.339. The Kier molecular flexibility index (Phi) is 6.30. The fourth-order valence-electron chi connectivity index (χ4n) is 2.17. The lowest BCUT2D eigenvalue weighted by Gasteiger charge is -2.25. The normalized spacial score (nSPS) is 15.3. The molecule has 0 radical (unpaired) electrons. The Morgan fingerprint density at radius 3 is 2.33 bits per heavy atom. The average Bonchev–Trinajstić information content (AvgIpc) is 2.75. The summed E-state index contributed by atoms with van der Waals surface area (Å²) in [5.41, 5.74) is 1.23. The van der Waals surface area contributed by atoms with Gasteiger partial charge in [0.2, 0.25) is 0 Å². The molecular weight excluding hydrogens is 240 g/mol. The van der Waals surface area contributed by atoms with Gasteiger partial charge < -0.3 is 5.32 Å². The van der Waals surface area contributed by atoms with Crippen molar-refractivity contribution >= 4 is 11.3 Å². The second kappa shape index (κ2) is 7.25. The number of nitrogens with zero attached hydrogens (tertiary/aromatic N) is 1. The smallest absolute Gasteiger partial charge is 0.110 e. The highest BCUT2D eigenvalue weighted by molar-refractivity contribution is 7.09. The summed E-state index contributed by atoms with van der Waals surface area (Å²) in [4.78, 5) is 4.82. The number of aromatic nitrogens is 1. The van der Waals surface area contributed by atoms with Crippen LogP contribution in [0.3, 0.4) is 0 Å². The van der Waals surface area contributed by atoms with Gasteiger partial charge in [0.05, 0.1) is 11.7 Å². The van der Waals surface area contributed by atoms with Crippen LogP contribution in [0.4, 0.5) is 0 Å². The summed E-state index contributed by atoms with van der Waals surface area (Å²) in [5, 5.41) is 7.15. The van der Waals surface area contributed by atoms with Crippen molar-refractivity contribution < 1.29 is 0 Å². The van der Waals surface area contributed by atoms with E-state index in [9.17, 15) is 0 Å². The second-order valence-electron chi connectivity index (χ2n) is 5.83. The highest BCUT2D eigenvalue weighted by Crippen LogP contribution is 2.30. The minimum atomic E-state index is 0.405. The molecule has 1 aromatic rings. The molecule has 1 heterocycles. The Morgan fingerprint density at radius 1 is 1.22 bits per heavy atom. The van der Waals surface area contributed by atoms with Gasteiger partial charge in [-0.05, 0) is 18.3 Å². The lowest BCUT2D eigenvalue weighted by atomic mass is 9.96. The molecule has 1 aromatic heterocycles. The minimum Gasteiger partial charge on any atom is -0.305 e. The van der Waals surface area contributed by atoms with E-state index in [2.05, 4.69) is 52.2 Å². The van der Waals surface area contributed by atoms with Gasteiger partial charge in [-0.25, -0.2) is 4.98 Å². The first-order chi connectivity index (χ1) is 8.45. The quantitative estimate of drug-likeness (QED) is 0.772. The molecule has 1 rings (SSSR count). The Hall–Kier alpha value is -0.410. The fraction of sp³-hybridized carbons (Fsp3) is 0.800. The zero-order chi connectivity index (χ0) is 13.7. The molecular formula is C15H28N2S. The van der Waals surface area contributed by atoms with Crippen molar-refractivity contribution in [2.75, 3.05) is 0 Å². The maximum absolute atomic E-state index is 4.82. The van der Waals surface area contributed by atoms with Gasteiger partial charge in [-0.15, -0.1) is 11.3 Å². The number of hydrogen-bond donors (Lipinski definition) is 1. The van der Waals surface area contributed by atoms with Crippen LogP contribution in [0.5, 0.6) is 0 Å². The summed E-state index contributed by atoms with van der Waals surface area (Å²) >= 11 is 1.81. The van der Waals surface area contributed by atoms with E-state index in [1.165, 1.54) is 23.5 Å². The maximum Gasteiger partial charge on any atom is 0.110 e. The van der Waals surface area contributed by atoms with Gasteiger partial charge in [-0.3, -0.25) is 0 Å². The van der Waals surface area contributed by atoms with Gasteiger partial charge in [0.25, 0.3) is 0 Å². The van der Waals surface area contributed by atoms with E-state index in [0.29, 0.717) is 23.9 Å². The molecule has 0 fully saturated rings. The Morgan fingerprint density at radius 2 is 1.89 bits per heavy atom. The lowest BCUT2D eigenvalue weighted by Crippen LogP contribution is -2.32. The molecule has 0 spiro atoms. The predicted octanol–water partition coefficient (Wildman–Crippen LogP) is 4.74. The molecule has 0 bridgehead atoms. The van der Waals surface area contributed by atoms with Crippen LogP contribution in [-0.2, 0) is 0 Å². The number of hydrogen-bond acceptors (Lipinski definition) is 3. The Balaban J connectivity index is 2.86. The number of rotatable bonds is 7. The molecule has 0 saturated heterocycles. The van der Waals surface area contributed by atoms with Gasteiger partial charge in [-0.2, -0.15) is 0 Å². The summed E-state index contributed by atoms with van der Waals surface area (Å²) in [6, 6.07) is 0.906. The average molecular weight is 268 g/mol. The zero-order valence-corrected chi connectivity index (χ0v) is 13.5.